The molecule has 0 aliphatic heterocycles. The smallest absolute Gasteiger partial charge is 0.0540 e. The molecule has 0 fully saturated rings. The monoisotopic (exact) mass is 673 g/mol. The second kappa shape index (κ2) is 13.0. The van der Waals surface area contributed by atoms with Crippen molar-refractivity contribution in [1.82, 2.24) is 0 Å². The molecule has 1 heteroatoms. The molecule has 10 rings (SSSR count). The molecule has 0 heterocycles. The first-order valence-electron chi connectivity index (χ1n) is 18.3. The van der Waals surface area contributed by atoms with E-state index in [1.807, 2.05) is 0 Å². The zero-order valence-corrected chi connectivity index (χ0v) is 29.2. The second-order valence-corrected chi connectivity index (χ2v) is 13.8. The van der Waals surface area contributed by atoms with Crippen LogP contribution in [0.15, 0.2) is 212 Å². The van der Waals surface area contributed by atoms with Crippen LogP contribution in [0.5, 0.6) is 0 Å². The molecule has 0 aliphatic carbocycles. The summed E-state index contributed by atoms with van der Waals surface area (Å²) >= 11 is 0. The summed E-state index contributed by atoms with van der Waals surface area (Å²) in [4.78, 5) is 2.39. The number of benzene rings is 10. The lowest BCUT2D eigenvalue weighted by atomic mass is 9.92. The number of fused-ring (bicyclic) bond motifs is 4. The fourth-order valence-electron chi connectivity index (χ4n) is 7.96. The lowest BCUT2D eigenvalue weighted by Gasteiger charge is -2.27. The van der Waals surface area contributed by atoms with Crippen LogP contribution in [-0.2, 0) is 0 Å². The van der Waals surface area contributed by atoms with Crippen LogP contribution in [0.25, 0.3) is 76.5 Å². The average molecular weight is 674 g/mol. The van der Waals surface area contributed by atoms with Crippen molar-refractivity contribution in [2.24, 2.45) is 0 Å². The van der Waals surface area contributed by atoms with Gasteiger partial charge in [0, 0.05) is 16.8 Å². The van der Waals surface area contributed by atoms with E-state index in [-0.39, 0.29) is 0 Å². The normalized spacial score (nSPS) is 11.4. The first-order chi connectivity index (χ1) is 26.3. The van der Waals surface area contributed by atoms with Crippen LogP contribution in [0.3, 0.4) is 0 Å². The van der Waals surface area contributed by atoms with Gasteiger partial charge in [-0.25, -0.2) is 0 Å². The van der Waals surface area contributed by atoms with Crippen molar-refractivity contribution >= 4 is 60.2 Å². The highest BCUT2D eigenvalue weighted by atomic mass is 15.1. The minimum absolute atomic E-state index is 1.12. The maximum atomic E-state index is 2.39. The van der Waals surface area contributed by atoms with Crippen LogP contribution in [0.1, 0.15) is 0 Å². The largest absolute Gasteiger partial charge is 0.310 e. The Balaban J connectivity index is 1.05. The Hall–Kier alpha value is -6.96. The lowest BCUT2D eigenvalue weighted by Crippen LogP contribution is -2.10. The zero-order valence-electron chi connectivity index (χ0n) is 29.2. The van der Waals surface area contributed by atoms with Crippen molar-refractivity contribution in [3.8, 4) is 33.4 Å². The molecule has 0 bridgehead atoms. The molecule has 0 saturated carbocycles. The molecule has 0 aliphatic rings. The summed E-state index contributed by atoms with van der Waals surface area (Å²) in [7, 11) is 0. The van der Waals surface area contributed by atoms with Crippen LogP contribution < -0.4 is 4.90 Å². The number of hydrogen-bond donors (Lipinski definition) is 0. The van der Waals surface area contributed by atoms with E-state index in [1.165, 1.54) is 76.5 Å². The molecule has 0 radical (unpaired) electrons. The quantitative estimate of drug-likeness (QED) is 0.159. The van der Waals surface area contributed by atoms with Crippen LogP contribution in [0.2, 0.25) is 0 Å². The Kier molecular flexibility index (Phi) is 7.55. The van der Waals surface area contributed by atoms with Crippen molar-refractivity contribution in [3.05, 3.63) is 212 Å². The number of hydrogen-bond acceptors (Lipinski definition) is 1. The average Bonchev–Trinajstić information content (AvgIpc) is 3.23. The fourth-order valence-corrected chi connectivity index (χ4v) is 7.96. The van der Waals surface area contributed by atoms with Gasteiger partial charge in [-0.2, -0.15) is 0 Å². The summed E-state index contributed by atoms with van der Waals surface area (Å²) in [6.07, 6.45) is 0. The van der Waals surface area contributed by atoms with Crippen molar-refractivity contribution < 1.29 is 0 Å². The van der Waals surface area contributed by atoms with Gasteiger partial charge in [0.15, 0.2) is 0 Å². The molecule has 0 unspecified atom stereocenters. The van der Waals surface area contributed by atoms with Crippen molar-refractivity contribution in [2.45, 2.75) is 0 Å². The molecule has 10 aromatic carbocycles. The van der Waals surface area contributed by atoms with E-state index >= 15 is 0 Å². The van der Waals surface area contributed by atoms with Gasteiger partial charge in [0.25, 0.3) is 0 Å². The lowest BCUT2D eigenvalue weighted by molar-refractivity contribution is 1.30. The van der Waals surface area contributed by atoms with E-state index in [9.17, 15) is 0 Å². The molecule has 0 N–H and O–H groups in total. The Morgan fingerprint density at radius 1 is 0.245 bits per heavy atom. The molecule has 1 nitrogen and oxygen atoms in total. The van der Waals surface area contributed by atoms with Gasteiger partial charge in [0.2, 0.25) is 0 Å². The van der Waals surface area contributed by atoms with Crippen LogP contribution in [0.4, 0.5) is 17.1 Å². The summed E-state index contributed by atoms with van der Waals surface area (Å²) in [5, 5.41) is 9.90. The van der Waals surface area contributed by atoms with Crippen LogP contribution in [0, 0.1) is 0 Å². The van der Waals surface area contributed by atoms with Crippen molar-refractivity contribution in [2.75, 3.05) is 4.90 Å². The molecule has 53 heavy (non-hydrogen) atoms. The van der Waals surface area contributed by atoms with E-state index in [4.69, 9.17) is 0 Å². The Morgan fingerprint density at radius 3 is 1.43 bits per heavy atom. The summed E-state index contributed by atoms with van der Waals surface area (Å²) in [5.41, 5.74) is 10.8. The van der Waals surface area contributed by atoms with E-state index in [0.29, 0.717) is 0 Å². The van der Waals surface area contributed by atoms with Gasteiger partial charge in [-0.15, -0.1) is 0 Å². The predicted octanol–water partition coefficient (Wildman–Crippen LogP) is 14.8. The number of anilines is 3. The minimum Gasteiger partial charge on any atom is -0.310 e. The first kappa shape index (κ1) is 30.8. The molecule has 248 valence electrons. The molecule has 0 amide bonds. The maximum absolute atomic E-state index is 2.39. The topological polar surface area (TPSA) is 3.24 Å². The van der Waals surface area contributed by atoms with Gasteiger partial charge < -0.3 is 4.90 Å². The van der Waals surface area contributed by atoms with E-state index in [2.05, 4.69) is 217 Å². The highest BCUT2D eigenvalue weighted by Crippen LogP contribution is 2.42. The third-order valence-corrected chi connectivity index (χ3v) is 10.6. The molecule has 10 aromatic rings. The summed E-state index contributed by atoms with van der Waals surface area (Å²) in [6.45, 7) is 0. The fraction of sp³-hybridized carbons (Fsp3) is 0. The summed E-state index contributed by atoms with van der Waals surface area (Å²) < 4.78 is 0. The van der Waals surface area contributed by atoms with Gasteiger partial charge in [-0.05, 0) is 114 Å². The highest BCUT2D eigenvalue weighted by molar-refractivity contribution is 6.09. The summed E-state index contributed by atoms with van der Waals surface area (Å²) in [6, 6.07) is 77.3. The first-order valence-corrected chi connectivity index (χ1v) is 18.3. The third kappa shape index (κ3) is 5.60. The standard InChI is InChI=1S/C52H35N/c1-2-11-36(12-3-1)38-23-25-40(26-24-38)47-20-8-17-43-35-51-44(34-50(43)47)18-9-21-48(51)41-28-30-45(31-29-41)53(46-32-27-37-13-4-5-15-42(37)33-46)52-22-10-16-39-14-6-7-19-49(39)52/h1-35H. The zero-order chi connectivity index (χ0) is 35.1. The van der Waals surface area contributed by atoms with Crippen LogP contribution >= 0.6 is 0 Å². The molecular weight excluding hydrogens is 639 g/mol. The Bertz CT molecular complexity index is 2920. The molecule has 0 saturated heterocycles. The van der Waals surface area contributed by atoms with E-state index < -0.39 is 0 Å². The van der Waals surface area contributed by atoms with Crippen LogP contribution in [-0.4, -0.2) is 0 Å². The van der Waals surface area contributed by atoms with E-state index in [1.54, 1.807) is 0 Å². The van der Waals surface area contributed by atoms with Gasteiger partial charge in [-0.3, -0.25) is 0 Å². The van der Waals surface area contributed by atoms with Gasteiger partial charge in [-0.1, -0.05) is 170 Å². The maximum Gasteiger partial charge on any atom is 0.0540 e. The van der Waals surface area contributed by atoms with Crippen molar-refractivity contribution in [1.29, 1.82) is 0 Å². The molecule has 0 aromatic heterocycles. The molecule has 0 atom stereocenters. The number of nitrogens with zero attached hydrogens (tertiary/aromatic N) is 1. The Labute approximate surface area is 309 Å². The number of rotatable bonds is 6. The van der Waals surface area contributed by atoms with Gasteiger partial charge >= 0.3 is 0 Å². The predicted molar refractivity (Wildman–Crippen MR) is 227 cm³/mol. The van der Waals surface area contributed by atoms with Gasteiger partial charge in [0.05, 0.1) is 5.69 Å². The third-order valence-electron chi connectivity index (χ3n) is 10.6. The van der Waals surface area contributed by atoms with Gasteiger partial charge in [0.1, 0.15) is 0 Å². The minimum atomic E-state index is 1.12. The Morgan fingerprint density at radius 2 is 0.736 bits per heavy atom. The highest BCUT2D eigenvalue weighted by Gasteiger charge is 2.17. The second-order valence-electron chi connectivity index (χ2n) is 13.8. The SMILES string of the molecule is c1ccc(-c2ccc(-c3cccc4cc5c(-c6ccc(N(c7ccc8ccccc8c7)c7cccc8ccccc78)cc6)cccc5cc34)cc2)cc1. The molecular formula is C52H35N. The molecule has 0 spiro atoms. The summed E-state index contributed by atoms with van der Waals surface area (Å²) in [5.74, 6) is 0. The van der Waals surface area contributed by atoms with Crippen molar-refractivity contribution in [3.63, 3.8) is 0 Å². The van der Waals surface area contributed by atoms with E-state index in [0.717, 1.165) is 17.1 Å².